The lowest BCUT2D eigenvalue weighted by Gasteiger charge is -2.32. The van der Waals surface area contributed by atoms with Gasteiger partial charge in [0.15, 0.2) is 11.6 Å². The summed E-state index contributed by atoms with van der Waals surface area (Å²) in [5.74, 6) is 0.161. The van der Waals surface area contributed by atoms with Crippen LogP contribution in [0.15, 0.2) is 29.4 Å². The molecule has 0 bridgehead atoms. The van der Waals surface area contributed by atoms with Crippen molar-refractivity contribution in [2.75, 3.05) is 25.9 Å². The molecule has 0 spiro atoms. The van der Waals surface area contributed by atoms with Gasteiger partial charge in [0.05, 0.1) is 5.56 Å². The highest BCUT2D eigenvalue weighted by Gasteiger charge is 2.22. The van der Waals surface area contributed by atoms with Crippen molar-refractivity contribution in [3.8, 4) is 17.5 Å². The number of benzene rings is 1. The number of aromatic nitrogens is 2. The molecule has 1 atom stereocenters. The maximum atomic E-state index is 14.3. The Balaban J connectivity index is 1.61. The minimum atomic E-state index is -1.26. The molecule has 3 rings (SSSR count). The third-order valence-electron chi connectivity index (χ3n) is 5.32. The molecule has 1 aliphatic rings. The molecule has 0 radical (unpaired) electrons. The number of halogens is 1. The molecule has 1 aliphatic heterocycles. The Morgan fingerprint density at radius 3 is 2.60 bits per heavy atom. The number of ether oxygens (including phenoxy) is 2. The number of hydrogen-bond donors (Lipinski definition) is 0. The molecule has 0 saturated carbocycles. The average molecular weight is 436 g/mol. The second kappa shape index (κ2) is 10.8. The summed E-state index contributed by atoms with van der Waals surface area (Å²) in [5, 5.41) is 0. The summed E-state index contributed by atoms with van der Waals surface area (Å²) in [6.07, 6.45) is 8.64. The fraction of sp³-hybridized carbons (Fsp3) is 0.545. The molecule has 1 aromatic carbocycles. The Labute approximate surface area is 180 Å². The highest BCUT2D eigenvalue weighted by Crippen LogP contribution is 2.31. The van der Waals surface area contributed by atoms with Gasteiger partial charge in [0.25, 0.3) is 0 Å². The second-order valence-corrected chi connectivity index (χ2v) is 9.00. The van der Waals surface area contributed by atoms with E-state index in [4.69, 9.17) is 9.47 Å². The molecule has 30 heavy (non-hydrogen) atoms. The standard InChI is InChI=1S/C22H30FN3O3S/c1-4-5-6-11-26-12-9-17(10-13-26)28-21-16(2)22(25-15-24-21)29-20-8-7-18(30(3)27)14-19(20)23/h7-8,14-15,17H,4-6,9-13H2,1-3H3. The fourth-order valence-electron chi connectivity index (χ4n) is 3.48. The van der Waals surface area contributed by atoms with Gasteiger partial charge in [-0.25, -0.2) is 14.4 Å². The van der Waals surface area contributed by atoms with Gasteiger partial charge in [0.2, 0.25) is 11.8 Å². The van der Waals surface area contributed by atoms with Crippen molar-refractivity contribution in [1.82, 2.24) is 14.9 Å². The molecule has 2 heterocycles. The third kappa shape index (κ3) is 5.98. The van der Waals surface area contributed by atoms with Crippen LogP contribution in [0.1, 0.15) is 44.6 Å². The fourth-order valence-corrected chi connectivity index (χ4v) is 4.01. The maximum absolute atomic E-state index is 14.3. The van der Waals surface area contributed by atoms with E-state index < -0.39 is 16.6 Å². The van der Waals surface area contributed by atoms with Gasteiger partial charge in [0, 0.05) is 35.0 Å². The van der Waals surface area contributed by atoms with Gasteiger partial charge >= 0.3 is 0 Å². The van der Waals surface area contributed by atoms with Gasteiger partial charge in [-0.05, 0) is 50.9 Å². The summed E-state index contributed by atoms with van der Waals surface area (Å²) in [6.45, 7) is 7.23. The Kier molecular flexibility index (Phi) is 8.16. The van der Waals surface area contributed by atoms with Crippen LogP contribution in [0.5, 0.6) is 17.5 Å². The van der Waals surface area contributed by atoms with Crippen molar-refractivity contribution in [2.45, 2.75) is 57.0 Å². The normalized spacial score (nSPS) is 16.4. The van der Waals surface area contributed by atoms with Crippen LogP contribution in [-0.2, 0) is 10.8 Å². The van der Waals surface area contributed by atoms with E-state index in [1.165, 1.54) is 44.0 Å². The first-order valence-electron chi connectivity index (χ1n) is 10.5. The summed E-state index contributed by atoms with van der Waals surface area (Å²) < 4.78 is 37.6. The summed E-state index contributed by atoms with van der Waals surface area (Å²) in [5.41, 5.74) is 0.630. The zero-order valence-corrected chi connectivity index (χ0v) is 18.7. The van der Waals surface area contributed by atoms with Crippen molar-refractivity contribution < 1.29 is 18.1 Å². The van der Waals surface area contributed by atoms with E-state index in [-0.39, 0.29) is 17.7 Å². The molecule has 1 fully saturated rings. The molecule has 0 aliphatic carbocycles. The summed E-state index contributed by atoms with van der Waals surface area (Å²) in [4.78, 5) is 11.3. The lowest BCUT2D eigenvalue weighted by Crippen LogP contribution is -2.38. The smallest absolute Gasteiger partial charge is 0.229 e. The first-order chi connectivity index (χ1) is 14.5. The van der Waals surface area contributed by atoms with E-state index in [1.54, 1.807) is 13.0 Å². The van der Waals surface area contributed by atoms with E-state index in [9.17, 15) is 8.60 Å². The van der Waals surface area contributed by atoms with Crippen LogP contribution in [0.4, 0.5) is 4.39 Å². The Bertz CT molecular complexity index is 873. The van der Waals surface area contributed by atoms with Gasteiger partial charge in [-0.1, -0.05) is 19.8 Å². The van der Waals surface area contributed by atoms with Gasteiger partial charge < -0.3 is 14.4 Å². The predicted octanol–water partition coefficient (Wildman–Crippen LogP) is 4.49. The molecular weight excluding hydrogens is 405 g/mol. The van der Waals surface area contributed by atoms with Crippen molar-refractivity contribution >= 4 is 10.8 Å². The number of nitrogens with zero attached hydrogens (tertiary/aromatic N) is 3. The van der Waals surface area contributed by atoms with E-state index in [2.05, 4.69) is 21.8 Å². The molecule has 1 unspecified atom stereocenters. The van der Waals surface area contributed by atoms with Crippen LogP contribution < -0.4 is 9.47 Å². The minimum absolute atomic E-state index is 0.0253. The van der Waals surface area contributed by atoms with Crippen molar-refractivity contribution in [1.29, 1.82) is 0 Å². The van der Waals surface area contributed by atoms with Crippen LogP contribution in [0.3, 0.4) is 0 Å². The van der Waals surface area contributed by atoms with E-state index in [0.29, 0.717) is 16.3 Å². The van der Waals surface area contributed by atoms with Gasteiger partial charge in [-0.15, -0.1) is 0 Å². The van der Waals surface area contributed by atoms with Gasteiger partial charge in [-0.2, -0.15) is 0 Å². The first-order valence-corrected chi connectivity index (χ1v) is 12.0. The lowest BCUT2D eigenvalue weighted by molar-refractivity contribution is 0.0949. The predicted molar refractivity (Wildman–Crippen MR) is 115 cm³/mol. The van der Waals surface area contributed by atoms with Crippen LogP contribution in [-0.4, -0.2) is 51.1 Å². The molecule has 6 nitrogen and oxygen atoms in total. The van der Waals surface area contributed by atoms with Crippen LogP contribution in [0, 0.1) is 12.7 Å². The quantitative estimate of drug-likeness (QED) is 0.541. The van der Waals surface area contributed by atoms with Crippen LogP contribution in [0.25, 0.3) is 0 Å². The SMILES string of the molecule is CCCCCN1CCC(Oc2ncnc(Oc3ccc(S(C)=O)cc3F)c2C)CC1. The Hall–Kier alpha value is -2.06. The highest BCUT2D eigenvalue weighted by molar-refractivity contribution is 7.84. The number of unbranched alkanes of at least 4 members (excludes halogenated alkanes) is 2. The number of piperidine rings is 1. The summed E-state index contributed by atoms with van der Waals surface area (Å²) >= 11 is 0. The average Bonchev–Trinajstić information content (AvgIpc) is 2.73. The topological polar surface area (TPSA) is 64.6 Å². The molecule has 1 saturated heterocycles. The third-order valence-corrected chi connectivity index (χ3v) is 6.24. The molecule has 1 aromatic heterocycles. The monoisotopic (exact) mass is 435 g/mol. The number of hydrogen-bond acceptors (Lipinski definition) is 6. The number of likely N-dealkylation sites (tertiary alicyclic amines) is 1. The second-order valence-electron chi connectivity index (χ2n) is 7.62. The molecule has 0 N–H and O–H groups in total. The van der Waals surface area contributed by atoms with Crippen molar-refractivity contribution in [2.24, 2.45) is 0 Å². The van der Waals surface area contributed by atoms with Crippen molar-refractivity contribution in [3.05, 3.63) is 35.9 Å². The highest BCUT2D eigenvalue weighted by atomic mass is 32.2. The van der Waals surface area contributed by atoms with E-state index in [0.717, 1.165) is 32.5 Å². The largest absolute Gasteiger partial charge is 0.474 e. The lowest BCUT2D eigenvalue weighted by atomic mass is 10.1. The molecule has 0 amide bonds. The minimum Gasteiger partial charge on any atom is -0.474 e. The van der Waals surface area contributed by atoms with Crippen LogP contribution >= 0.6 is 0 Å². The first kappa shape index (κ1) is 22.6. The summed E-state index contributed by atoms with van der Waals surface area (Å²) in [6, 6.07) is 4.26. The maximum Gasteiger partial charge on any atom is 0.229 e. The Morgan fingerprint density at radius 1 is 1.20 bits per heavy atom. The Morgan fingerprint density at radius 2 is 1.93 bits per heavy atom. The molecule has 8 heteroatoms. The zero-order valence-electron chi connectivity index (χ0n) is 17.9. The molecule has 2 aromatic rings. The molecule has 164 valence electrons. The summed E-state index contributed by atoms with van der Waals surface area (Å²) in [7, 11) is -1.26. The van der Waals surface area contributed by atoms with E-state index >= 15 is 0 Å². The van der Waals surface area contributed by atoms with Gasteiger partial charge in [-0.3, -0.25) is 4.21 Å². The van der Waals surface area contributed by atoms with E-state index in [1.807, 2.05) is 0 Å². The van der Waals surface area contributed by atoms with Crippen molar-refractivity contribution in [3.63, 3.8) is 0 Å². The van der Waals surface area contributed by atoms with Crippen LogP contribution in [0.2, 0.25) is 0 Å². The zero-order chi connectivity index (χ0) is 21.5. The molecular formula is C22H30FN3O3S. The van der Waals surface area contributed by atoms with Gasteiger partial charge in [0.1, 0.15) is 12.4 Å². The number of rotatable bonds is 9.